The zero-order valence-corrected chi connectivity index (χ0v) is 11.4. The number of benzene rings is 1. The van der Waals surface area contributed by atoms with Crippen molar-refractivity contribution in [2.24, 2.45) is 11.7 Å². The fourth-order valence-electron chi connectivity index (χ4n) is 1.85. The molecule has 0 heterocycles. The third-order valence-electron chi connectivity index (χ3n) is 2.77. The molecule has 2 atom stereocenters. The minimum atomic E-state index is -0.922. The fourth-order valence-corrected chi connectivity index (χ4v) is 2.07. The molecule has 1 rings (SSSR count). The van der Waals surface area contributed by atoms with Crippen molar-refractivity contribution in [3.05, 3.63) is 34.3 Å². The fraction of sp³-hybridized carbons (Fsp3) is 0.462. The number of halogens is 1. The maximum atomic E-state index is 10.9. The lowest BCUT2D eigenvalue weighted by Crippen LogP contribution is -2.32. The van der Waals surface area contributed by atoms with E-state index in [9.17, 15) is 9.90 Å². The van der Waals surface area contributed by atoms with E-state index in [-0.39, 0.29) is 5.92 Å². The molecule has 4 nitrogen and oxygen atoms in total. The van der Waals surface area contributed by atoms with E-state index >= 15 is 0 Å². The van der Waals surface area contributed by atoms with Gasteiger partial charge in [-0.05, 0) is 36.1 Å². The maximum absolute atomic E-state index is 10.9. The van der Waals surface area contributed by atoms with Gasteiger partial charge >= 0.3 is 6.09 Å². The lowest BCUT2D eigenvalue weighted by molar-refractivity contribution is -0.0199. The summed E-state index contributed by atoms with van der Waals surface area (Å²) in [5, 5.41) is 10.9. The summed E-state index contributed by atoms with van der Waals surface area (Å²) in [5.41, 5.74) is 6.54. The Hall–Kier alpha value is -1.26. The monoisotopic (exact) mass is 271 g/mol. The molecule has 0 spiro atoms. The van der Waals surface area contributed by atoms with Crippen molar-refractivity contribution in [2.75, 3.05) is 0 Å². The van der Waals surface area contributed by atoms with E-state index in [1.807, 2.05) is 20.8 Å². The largest absolute Gasteiger partial charge is 0.443 e. The van der Waals surface area contributed by atoms with Crippen LogP contribution in [0.2, 0.25) is 5.02 Å². The van der Waals surface area contributed by atoms with Crippen LogP contribution in [0, 0.1) is 12.8 Å². The van der Waals surface area contributed by atoms with Crippen LogP contribution < -0.4 is 5.73 Å². The number of carbonyl (C=O) groups is 1. The summed E-state index contributed by atoms with van der Waals surface area (Å²) in [4.78, 5) is 10.9. The molecule has 0 unspecified atom stereocenters. The summed E-state index contributed by atoms with van der Waals surface area (Å²) >= 11 is 5.86. The quantitative estimate of drug-likeness (QED) is 0.884. The van der Waals surface area contributed by atoms with Gasteiger partial charge in [-0.3, -0.25) is 0 Å². The number of rotatable bonds is 4. The Labute approximate surface area is 112 Å². The number of ether oxygens (including phenoxy) is 1. The highest BCUT2D eigenvalue weighted by Crippen LogP contribution is 2.28. The molecule has 0 aromatic heterocycles. The third kappa shape index (κ3) is 3.62. The second kappa shape index (κ2) is 6.07. The molecule has 0 fully saturated rings. The summed E-state index contributed by atoms with van der Waals surface area (Å²) < 4.78 is 4.97. The van der Waals surface area contributed by atoms with Crippen LogP contribution >= 0.6 is 11.6 Å². The molecule has 1 aromatic rings. The molecule has 0 saturated heterocycles. The topological polar surface area (TPSA) is 72.6 Å². The van der Waals surface area contributed by atoms with Crippen LogP contribution in [-0.2, 0) is 4.74 Å². The van der Waals surface area contributed by atoms with Crippen LogP contribution in [0.4, 0.5) is 4.79 Å². The molecule has 0 aliphatic heterocycles. The van der Waals surface area contributed by atoms with E-state index in [0.717, 1.165) is 5.56 Å². The molecule has 0 aliphatic rings. The Morgan fingerprint density at radius 1 is 1.44 bits per heavy atom. The van der Waals surface area contributed by atoms with Gasteiger partial charge in [-0.15, -0.1) is 0 Å². The molecule has 1 aromatic carbocycles. The predicted molar refractivity (Wildman–Crippen MR) is 70.4 cm³/mol. The van der Waals surface area contributed by atoms with Gasteiger partial charge in [0.15, 0.2) is 0 Å². The van der Waals surface area contributed by atoms with Crippen LogP contribution in [0.15, 0.2) is 18.2 Å². The van der Waals surface area contributed by atoms with Gasteiger partial charge in [0.1, 0.15) is 12.2 Å². The molecule has 100 valence electrons. The Kier molecular flexibility index (Phi) is 4.99. The van der Waals surface area contributed by atoms with E-state index in [0.29, 0.717) is 10.6 Å². The molecular formula is C13H18ClNO3. The number of aryl methyl sites for hydroxylation is 1. The minimum Gasteiger partial charge on any atom is -0.443 e. The van der Waals surface area contributed by atoms with Gasteiger partial charge in [0.05, 0.1) is 0 Å². The average molecular weight is 272 g/mol. The van der Waals surface area contributed by atoms with E-state index in [1.54, 1.807) is 18.2 Å². The Morgan fingerprint density at radius 2 is 2.06 bits per heavy atom. The van der Waals surface area contributed by atoms with Crippen LogP contribution in [-0.4, -0.2) is 17.3 Å². The Morgan fingerprint density at radius 3 is 2.50 bits per heavy atom. The van der Waals surface area contributed by atoms with Crippen molar-refractivity contribution in [2.45, 2.75) is 33.0 Å². The molecule has 0 radical (unpaired) electrons. The molecule has 0 bridgehead atoms. The minimum absolute atomic E-state index is 0.0532. The second-order valence-electron chi connectivity index (χ2n) is 4.59. The van der Waals surface area contributed by atoms with E-state index in [4.69, 9.17) is 22.1 Å². The summed E-state index contributed by atoms with van der Waals surface area (Å²) in [6.07, 6.45) is -2.49. The first-order valence-electron chi connectivity index (χ1n) is 5.73. The van der Waals surface area contributed by atoms with Gasteiger partial charge in [0.2, 0.25) is 0 Å². The first-order valence-corrected chi connectivity index (χ1v) is 6.11. The number of carbonyl (C=O) groups excluding carboxylic acids is 1. The van der Waals surface area contributed by atoms with Crippen LogP contribution in [0.3, 0.4) is 0 Å². The second-order valence-corrected chi connectivity index (χ2v) is 5.03. The van der Waals surface area contributed by atoms with Gasteiger partial charge in [-0.25, -0.2) is 4.79 Å². The van der Waals surface area contributed by atoms with Gasteiger partial charge in [0, 0.05) is 5.02 Å². The van der Waals surface area contributed by atoms with E-state index in [1.165, 1.54) is 0 Å². The highest BCUT2D eigenvalue weighted by molar-refractivity contribution is 6.30. The first-order chi connectivity index (χ1) is 8.32. The first kappa shape index (κ1) is 14.8. The smallest absolute Gasteiger partial charge is 0.404 e. The average Bonchev–Trinajstić information content (AvgIpc) is 2.24. The Bertz CT molecular complexity index is 434. The van der Waals surface area contributed by atoms with Gasteiger partial charge in [-0.1, -0.05) is 31.5 Å². The number of aliphatic hydroxyl groups is 1. The lowest BCUT2D eigenvalue weighted by atomic mass is 9.93. The van der Waals surface area contributed by atoms with Crippen molar-refractivity contribution in [1.29, 1.82) is 0 Å². The molecular weight excluding hydrogens is 254 g/mol. The number of hydrogen-bond acceptors (Lipinski definition) is 3. The third-order valence-corrected chi connectivity index (χ3v) is 3.01. The highest BCUT2D eigenvalue weighted by atomic mass is 35.5. The van der Waals surface area contributed by atoms with Crippen LogP contribution in [0.25, 0.3) is 0 Å². The number of nitrogens with two attached hydrogens (primary N) is 1. The van der Waals surface area contributed by atoms with Crippen LogP contribution in [0.5, 0.6) is 0 Å². The lowest BCUT2D eigenvalue weighted by Gasteiger charge is -2.26. The standard InChI is InChI=1S/C13H18ClNO3/c1-7(2)12(18-13(15)17)11(16)10-5-4-9(14)6-8(10)3/h4-7,11-12,16H,1-3H3,(H2,15,17)/t11-,12-/m0/s1. The summed E-state index contributed by atoms with van der Waals surface area (Å²) in [7, 11) is 0. The van der Waals surface area contributed by atoms with Gasteiger partial charge < -0.3 is 15.6 Å². The van der Waals surface area contributed by atoms with Gasteiger partial charge in [-0.2, -0.15) is 0 Å². The number of hydrogen-bond donors (Lipinski definition) is 2. The maximum Gasteiger partial charge on any atom is 0.404 e. The summed E-state index contributed by atoms with van der Waals surface area (Å²) in [6.45, 7) is 5.54. The van der Waals surface area contributed by atoms with Crippen molar-refractivity contribution in [3.63, 3.8) is 0 Å². The Balaban J connectivity index is 3.01. The molecule has 0 aliphatic carbocycles. The molecule has 18 heavy (non-hydrogen) atoms. The van der Waals surface area contributed by atoms with E-state index in [2.05, 4.69) is 0 Å². The molecule has 1 amide bonds. The molecule has 3 N–H and O–H groups in total. The highest BCUT2D eigenvalue weighted by Gasteiger charge is 2.28. The summed E-state index contributed by atoms with van der Waals surface area (Å²) in [5.74, 6) is -0.0532. The predicted octanol–water partition coefficient (Wildman–Crippen LogP) is 2.80. The number of aliphatic hydroxyl groups excluding tert-OH is 1. The summed E-state index contributed by atoms with van der Waals surface area (Å²) in [6, 6.07) is 5.17. The zero-order valence-electron chi connectivity index (χ0n) is 10.7. The van der Waals surface area contributed by atoms with Crippen molar-refractivity contribution in [1.82, 2.24) is 0 Å². The SMILES string of the molecule is Cc1cc(Cl)ccc1[C@H](O)[C@@H](OC(N)=O)C(C)C. The normalized spacial score (nSPS) is 14.3. The molecule has 5 heteroatoms. The number of amides is 1. The van der Waals surface area contributed by atoms with Crippen LogP contribution in [0.1, 0.15) is 31.1 Å². The zero-order chi connectivity index (χ0) is 13.9. The molecule has 0 saturated carbocycles. The van der Waals surface area contributed by atoms with Crippen molar-refractivity contribution in [3.8, 4) is 0 Å². The van der Waals surface area contributed by atoms with Crippen molar-refractivity contribution >= 4 is 17.7 Å². The van der Waals surface area contributed by atoms with Gasteiger partial charge in [0.25, 0.3) is 0 Å². The van der Waals surface area contributed by atoms with Crippen molar-refractivity contribution < 1.29 is 14.6 Å². The number of primary amides is 1. The van der Waals surface area contributed by atoms with E-state index < -0.39 is 18.3 Å².